The summed E-state index contributed by atoms with van der Waals surface area (Å²) in [5.74, 6) is 2.17. The van der Waals surface area contributed by atoms with Crippen molar-refractivity contribution < 1.29 is 9.42 Å². The van der Waals surface area contributed by atoms with Gasteiger partial charge in [0, 0.05) is 52.1 Å². The zero-order valence-electron chi connectivity index (χ0n) is 15.4. The molecule has 2 aromatic rings. The summed E-state index contributed by atoms with van der Waals surface area (Å²) in [6.07, 6.45) is 4.16. The zero-order chi connectivity index (χ0) is 18.1. The Morgan fingerprint density at radius 2 is 1.88 bits per heavy atom. The van der Waals surface area contributed by atoms with Crippen LogP contribution in [0.4, 0.5) is 11.6 Å². The number of amides is 1. The molecule has 9 nitrogen and oxygen atoms in total. The van der Waals surface area contributed by atoms with Crippen LogP contribution in [-0.4, -0.2) is 70.9 Å². The van der Waals surface area contributed by atoms with Gasteiger partial charge in [-0.1, -0.05) is 0 Å². The number of carbonyl (C=O) groups excluding carboxylic acids is 1. The molecule has 1 atom stereocenters. The van der Waals surface area contributed by atoms with Gasteiger partial charge >= 0.3 is 0 Å². The van der Waals surface area contributed by atoms with Crippen molar-refractivity contribution in [1.82, 2.24) is 25.2 Å². The first-order valence-corrected chi connectivity index (χ1v) is 9.40. The molecular weight excluding hydrogens is 334 g/mol. The van der Waals surface area contributed by atoms with Gasteiger partial charge in [-0.3, -0.25) is 4.79 Å². The van der Waals surface area contributed by atoms with E-state index in [4.69, 9.17) is 4.63 Å². The second kappa shape index (κ2) is 7.05. The first-order chi connectivity index (χ1) is 12.7. The van der Waals surface area contributed by atoms with Crippen LogP contribution < -0.4 is 9.80 Å². The standard InChI is InChI=1S/C17H25N7O2/c1-3-23-11-12(9-13(23)25)10-22(2)16-17(24-7-5-4-6-8-24)19-15-14(18-16)20-26-21-15/h12H,3-11H2,1-2H3. The molecule has 2 aliphatic rings. The number of nitrogens with zero attached hydrogens (tertiary/aromatic N) is 7. The van der Waals surface area contributed by atoms with Gasteiger partial charge in [0.1, 0.15) is 0 Å². The Morgan fingerprint density at radius 3 is 2.58 bits per heavy atom. The zero-order valence-corrected chi connectivity index (χ0v) is 15.4. The van der Waals surface area contributed by atoms with E-state index in [1.807, 2.05) is 18.9 Å². The lowest BCUT2D eigenvalue weighted by Crippen LogP contribution is -2.34. The predicted octanol–water partition coefficient (Wildman–Crippen LogP) is 1.31. The minimum atomic E-state index is 0.240. The highest BCUT2D eigenvalue weighted by Gasteiger charge is 2.30. The number of aromatic nitrogens is 4. The molecule has 0 aromatic carbocycles. The average Bonchev–Trinajstić information content (AvgIpc) is 3.26. The van der Waals surface area contributed by atoms with E-state index >= 15 is 0 Å². The molecule has 4 rings (SSSR count). The number of likely N-dealkylation sites (tertiary alicyclic amines) is 1. The van der Waals surface area contributed by atoms with Gasteiger partial charge in [0.2, 0.25) is 17.2 Å². The van der Waals surface area contributed by atoms with E-state index < -0.39 is 0 Å². The molecule has 1 unspecified atom stereocenters. The van der Waals surface area contributed by atoms with Crippen LogP contribution in [0.3, 0.4) is 0 Å². The molecule has 0 N–H and O–H groups in total. The van der Waals surface area contributed by atoms with Gasteiger partial charge < -0.3 is 14.7 Å². The van der Waals surface area contributed by atoms with Crippen LogP contribution in [0.25, 0.3) is 11.3 Å². The van der Waals surface area contributed by atoms with Crippen molar-refractivity contribution >= 4 is 28.8 Å². The number of rotatable bonds is 5. The Morgan fingerprint density at radius 1 is 1.15 bits per heavy atom. The van der Waals surface area contributed by atoms with Crippen molar-refractivity contribution in [3.05, 3.63) is 0 Å². The fourth-order valence-corrected chi connectivity index (χ4v) is 3.95. The number of piperidine rings is 1. The fraction of sp³-hybridized carbons (Fsp3) is 0.706. The number of fused-ring (bicyclic) bond motifs is 1. The smallest absolute Gasteiger partial charge is 0.245 e. The molecule has 2 aromatic heterocycles. The molecule has 2 aliphatic heterocycles. The molecule has 140 valence electrons. The minimum absolute atomic E-state index is 0.240. The molecule has 0 radical (unpaired) electrons. The SMILES string of the molecule is CCN1CC(CN(C)c2nc3nonc3nc2N2CCCCC2)CC1=O. The van der Waals surface area contributed by atoms with Gasteiger partial charge in [0.05, 0.1) is 0 Å². The summed E-state index contributed by atoms with van der Waals surface area (Å²) in [5.41, 5.74) is 0.862. The first-order valence-electron chi connectivity index (χ1n) is 9.40. The Kier molecular flexibility index (Phi) is 4.60. The Labute approximate surface area is 152 Å². The van der Waals surface area contributed by atoms with Crippen molar-refractivity contribution in [3.63, 3.8) is 0 Å². The topological polar surface area (TPSA) is 91.5 Å². The minimum Gasteiger partial charge on any atom is -0.356 e. The van der Waals surface area contributed by atoms with Crippen molar-refractivity contribution in [2.24, 2.45) is 5.92 Å². The molecule has 4 heterocycles. The summed E-state index contributed by atoms with van der Waals surface area (Å²) in [4.78, 5) is 27.7. The third kappa shape index (κ3) is 3.17. The lowest BCUT2D eigenvalue weighted by atomic mass is 10.1. The van der Waals surface area contributed by atoms with Gasteiger partial charge in [0.25, 0.3) is 0 Å². The van der Waals surface area contributed by atoms with E-state index in [0.717, 1.165) is 57.2 Å². The van der Waals surface area contributed by atoms with E-state index in [-0.39, 0.29) is 5.91 Å². The largest absolute Gasteiger partial charge is 0.356 e. The molecule has 1 amide bonds. The van der Waals surface area contributed by atoms with Crippen LogP contribution in [0.15, 0.2) is 4.63 Å². The van der Waals surface area contributed by atoms with Gasteiger partial charge in [-0.15, -0.1) is 0 Å². The fourth-order valence-electron chi connectivity index (χ4n) is 3.95. The van der Waals surface area contributed by atoms with Crippen LogP contribution in [0.1, 0.15) is 32.6 Å². The van der Waals surface area contributed by atoms with Gasteiger partial charge in [-0.25, -0.2) is 14.6 Å². The number of carbonyl (C=O) groups is 1. The Hall–Kier alpha value is -2.45. The van der Waals surface area contributed by atoms with Crippen molar-refractivity contribution in [3.8, 4) is 0 Å². The summed E-state index contributed by atoms with van der Waals surface area (Å²) in [7, 11) is 2.01. The van der Waals surface area contributed by atoms with E-state index in [0.29, 0.717) is 23.6 Å². The predicted molar refractivity (Wildman–Crippen MR) is 97.1 cm³/mol. The van der Waals surface area contributed by atoms with Crippen molar-refractivity contribution in [1.29, 1.82) is 0 Å². The van der Waals surface area contributed by atoms with E-state index in [9.17, 15) is 4.79 Å². The highest BCUT2D eigenvalue weighted by molar-refractivity contribution is 5.79. The monoisotopic (exact) mass is 359 g/mol. The first kappa shape index (κ1) is 17.0. The van der Waals surface area contributed by atoms with E-state index in [1.54, 1.807) is 0 Å². The highest BCUT2D eigenvalue weighted by atomic mass is 16.6. The molecule has 0 saturated carbocycles. The molecular formula is C17H25N7O2. The summed E-state index contributed by atoms with van der Waals surface area (Å²) >= 11 is 0. The Balaban J connectivity index is 1.60. The number of anilines is 2. The quantitative estimate of drug-likeness (QED) is 0.789. The second-order valence-electron chi connectivity index (χ2n) is 7.21. The molecule has 0 spiro atoms. The Bertz CT molecular complexity index is 787. The maximum Gasteiger partial charge on any atom is 0.245 e. The van der Waals surface area contributed by atoms with Crippen LogP contribution in [0.2, 0.25) is 0 Å². The molecule has 26 heavy (non-hydrogen) atoms. The third-order valence-electron chi connectivity index (χ3n) is 5.30. The maximum absolute atomic E-state index is 12.0. The molecule has 0 bridgehead atoms. The van der Waals surface area contributed by atoms with E-state index in [2.05, 4.69) is 30.1 Å². The van der Waals surface area contributed by atoms with Crippen LogP contribution in [0.5, 0.6) is 0 Å². The molecule has 2 fully saturated rings. The highest BCUT2D eigenvalue weighted by Crippen LogP contribution is 2.30. The summed E-state index contributed by atoms with van der Waals surface area (Å²) in [6.45, 7) is 6.30. The number of hydrogen-bond acceptors (Lipinski definition) is 8. The lowest BCUT2D eigenvalue weighted by Gasteiger charge is -2.31. The second-order valence-corrected chi connectivity index (χ2v) is 7.21. The molecule has 2 saturated heterocycles. The van der Waals surface area contributed by atoms with Gasteiger partial charge in [-0.2, -0.15) is 0 Å². The van der Waals surface area contributed by atoms with Crippen molar-refractivity contribution in [2.75, 3.05) is 49.6 Å². The average molecular weight is 359 g/mol. The lowest BCUT2D eigenvalue weighted by molar-refractivity contribution is -0.127. The summed E-state index contributed by atoms with van der Waals surface area (Å²) < 4.78 is 4.80. The molecule has 0 aliphatic carbocycles. The summed E-state index contributed by atoms with van der Waals surface area (Å²) in [6, 6.07) is 0. The summed E-state index contributed by atoms with van der Waals surface area (Å²) in [5, 5.41) is 7.70. The van der Waals surface area contributed by atoms with Crippen molar-refractivity contribution in [2.45, 2.75) is 32.6 Å². The van der Waals surface area contributed by atoms with Gasteiger partial charge in [-0.05, 0) is 36.5 Å². The molecule has 9 heteroatoms. The maximum atomic E-state index is 12.0. The number of hydrogen-bond donors (Lipinski definition) is 0. The van der Waals surface area contributed by atoms with Crippen LogP contribution in [0, 0.1) is 5.92 Å². The normalized spacial score (nSPS) is 21.0. The van der Waals surface area contributed by atoms with Crippen LogP contribution >= 0.6 is 0 Å². The van der Waals surface area contributed by atoms with Crippen LogP contribution in [-0.2, 0) is 4.79 Å². The van der Waals surface area contributed by atoms with Gasteiger partial charge in [0.15, 0.2) is 11.6 Å². The third-order valence-corrected chi connectivity index (χ3v) is 5.30. The van der Waals surface area contributed by atoms with E-state index in [1.165, 1.54) is 6.42 Å².